The van der Waals surface area contributed by atoms with Gasteiger partial charge in [0.05, 0.1) is 12.7 Å². The van der Waals surface area contributed by atoms with E-state index in [1.807, 2.05) is 24.3 Å². The lowest BCUT2D eigenvalue weighted by Crippen LogP contribution is -2.42. The Hall–Kier alpha value is -2.08. The Balaban J connectivity index is 1.63. The first kappa shape index (κ1) is 23.6. The van der Waals surface area contributed by atoms with Crippen LogP contribution in [0.4, 0.5) is 0 Å². The van der Waals surface area contributed by atoms with Gasteiger partial charge in [-0.1, -0.05) is 51.1 Å². The van der Waals surface area contributed by atoms with Crippen molar-refractivity contribution in [2.45, 2.75) is 64.5 Å². The van der Waals surface area contributed by atoms with Gasteiger partial charge >= 0.3 is 0 Å². The predicted octanol–water partition coefficient (Wildman–Crippen LogP) is 6.07. The van der Waals surface area contributed by atoms with Crippen molar-refractivity contribution in [3.63, 3.8) is 0 Å². The quantitative estimate of drug-likeness (QED) is 0.411. The molecule has 0 saturated carbocycles. The van der Waals surface area contributed by atoms with Crippen molar-refractivity contribution >= 4 is 19.2 Å². The maximum Gasteiger partial charge on any atom is 0.192 e. The maximum atomic E-state index is 10.5. The summed E-state index contributed by atoms with van der Waals surface area (Å²) in [5, 5.41) is 11.9. The van der Waals surface area contributed by atoms with Gasteiger partial charge in [0.15, 0.2) is 8.32 Å². The second-order valence-electron chi connectivity index (χ2n) is 9.98. The number of aliphatic hydroxyl groups excluding tert-OH is 1. The molecule has 0 spiro atoms. The number of fused-ring (bicyclic) bond motifs is 1. The molecule has 4 nitrogen and oxygen atoms in total. The van der Waals surface area contributed by atoms with Crippen LogP contribution in [0.15, 0.2) is 54.7 Å². The van der Waals surface area contributed by atoms with Crippen LogP contribution in [-0.2, 0) is 24.5 Å². The molecule has 1 atom stereocenters. The monoisotopic (exact) mass is 439 g/mol. The summed E-state index contributed by atoms with van der Waals surface area (Å²) in [6.07, 6.45) is 3.19. The average molecular weight is 440 g/mol. The number of aliphatic hydroxyl groups is 1. The minimum absolute atomic E-state index is 0.151. The molecule has 1 aromatic heterocycles. The Labute approximate surface area is 187 Å². The molecule has 2 aromatic carbocycles. The topological polar surface area (TPSA) is 43.6 Å². The lowest BCUT2D eigenvalue weighted by atomic mass is 10.1. The first-order valence-electron chi connectivity index (χ1n) is 11.1. The summed E-state index contributed by atoms with van der Waals surface area (Å²) in [7, 11) is 0.222. The molecular formula is C26H37NO3Si. The highest BCUT2D eigenvalue weighted by Gasteiger charge is 2.37. The molecule has 1 heterocycles. The van der Waals surface area contributed by atoms with Crippen LogP contribution < -0.4 is 4.74 Å². The third-order valence-electron chi connectivity index (χ3n) is 6.48. The smallest absolute Gasteiger partial charge is 0.192 e. The second-order valence-corrected chi connectivity index (χ2v) is 14.8. The van der Waals surface area contributed by atoms with Gasteiger partial charge in [0.2, 0.25) is 0 Å². The van der Waals surface area contributed by atoms with Gasteiger partial charge in [-0.3, -0.25) is 0 Å². The lowest BCUT2D eigenvalue weighted by Gasteiger charge is -2.36. The summed E-state index contributed by atoms with van der Waals surface area (Å²) in [6, 6.07) is 16.4. The average Bonchev–Trinajstić information content (AvgIpc) is 3.04. The van der Waals surface area contributed by atoms with Crippen LogP contribution in [0, 0.1) is 0 Å². The van der Waals surface area contributed by atoms with Gasteiger partial charge in [0.25, 0.3) is 0 Å². The Morgan fingerprint density at radius 3 is 2.45 bits per heavy atom. The highest BCUT2D eigenvalue weighted by molar-refractivity contribution is 6.74. The summed E-state index contributed by atoms with van der Waals surface area (Å²) in [5.41, 5.74) is 3.56. The molecule has 0 bridgehead atoms. The zero-order chi connectivity index (χ0) is 22.6. The largest absolute Gasteiger partial charge is 0.489 e. The van der Waals surface area contributed by atoms with Crippen molar-refractivity contribution < 1.29 is 14.3 Å². The molecule has 0 aliphatic rings. The summed E-state index contributed by atoms with van der Waals surface area (Å²) in [5.74, 6) is 0.866. The molecule has 5 heteroatoms. The SMILES string of the molecule is Cn1cc(CC[C@H](O)CO[Si](C)(C)C(C)(C)C)c2cc(OCc3ccccc3)ccc21. The van der Waals surface area contributed by atoms with Crippen LogP contribution in [0.25, 0.3) is 10.9 Å². The van der Waals surface area contributed by atoms with Crippen molar-refractivity contribution in [3.8, 4) is 5.75 Å². The van der Waals surface area contributed by atoms with E-state index in [9.17, 15) is 5.11 Å². The molecule has 0 aliphatic carbocycles. The van der Waals surface area contributed by atoms with Crippen LogP contribution in [0.5, 0.6) is 5.75 Å². The van der Waals surface area contributed by atoms with E-state index in [2.05, 4.69) is 75.9 Å². The van der Waals surface area contributed by atoms with Crippen LogP contribution in [0.1, 0.15) is 38.3 Å². The molecule has 168 valence electrons. The minimum Gasteiger partial charge on any atom is -0.489 e. The van der Waals surface area contributed by atoms with Crippen LogP contribution in [-0.4, -0.2) is 30.7 Å². The first-order chi connectivity index (χ1) is 14.6. The standard InChI is InChI=1S/C26H37NO3Si/c1-26(2,3)31(5,6)30-19-22(28)13-12-21-17-27(4)25-15-14-23(16-24(21)25)29-18-20-10-8-7-9-11-20/h7-11,14-17,22,28H,12-13,18-19H2,1-6H3/t22-/m0/s1. The fourth-order valence-electron chi connectivity index (χ4n) is 3.41. The third kappa shape index (κ3) is 6.00. The molecule has 3 rings (SSSR count). The number of aromatic nitrogens is 1. The first-order valence-corrected chi connectivity index (χ1v) is 14.0. The molecule has 0 fully saturated rings. The van der Waals surface area contributed by atoms with E-state index in [0.717, 1.165) is 17.7 Å². The Bertz CT molecular complexity index is 989. The van der Waals surface area contributed by atoms with E-state index >= 15 is 0 Å². The number of nitrogens with zero attached hydrogens (tertiary/aromatic N) is 1. The maximum absolute atomic E-state index is 10.5. The van der Waals surface area contributed by atoms with Crippen molar-refractivity contribution in [2.75, 3.05) is 6.61 Å². The summed E-state index contributed by atoms with van der Waals surface area (Å²) in [4.78, 5) is 0. The van der Waals surface area contributed by atoms with E-state index in [0.29, 0.717) is 19.6 Å². The van der Waals surface area contributed by atoms with Crippen LogP contribution in [0.2, 0.25) is 18.1 Å². The molecule has 0 aliphatic heterocycles. The number of ether oxygens (including phenoxy) is 1. The molecule has 3 aromatic rings. The van der Waals surface area contributed by atoms with Gasteiger partial charge in [-0.05, 0) is 60.3 Å². The normalized spacial score (nSPS) is 13.5. The number of aryl methyl sites for hydroxylation is 2. The Morgan fingerprint density at radius 2 is 1.77 bits per heavy atom. The molecule has 1 N–H and O–H groups in total. The molecule has 0 amide bonds. The van der Waals surface area contributed by atoms with Gasteiger partial charge in [-0.15, -0.1) is 0 Å². The van der Waals surface area contributed by atoms with Crippen LogP contribution >= 0.6 is 0 Å². The van der Waals surface area contributed by atoms with Crippen molar-refractivity contribution in [2.24, 2.45) is 7.05 Å². The molecule has 0 saturated heterocycles. The Kier molecular flexibility index (Phi) is 7.30. The number of hydrogen-bond acceptors (Lipinski definition) is 3. The van der Waals surface area contributed by atoms with E-state index < -0.39 is 14.4 Å². The number of hydrogen-bond donors (Lipinski definition) is 1. The van der Waals surface area contributed by atoms with E-state index in [4.69, 9.17) is 9.16 Å². The minimum atomic E-state index is -1.84. The lowest BCUT2D eigenvalue weighted by molar-refractivity contribution is 0.0932. The summed E-state index contributed by atoms with van der Waals surface area (Å²) >= 11 is 0. The van der Waals surface area contributed by atoms with E-state index in [1.54, 1.807) is 0 Å². The predicted molar refractivity (Wildman–Crippen MR) is 131 cm³/mol. The second kappa shape index (κ2) is 9.59. The van der Waals surface area contributed by atoms with Crippen molar-refractivity contribution in [3.05, 3.63) is 65.9 Å². The summed E-state index contributed by atoms with van der Waals surface area (Å²) < 4.78 is 14.4. The van der Waals surface area contributed by atoms with E-state index in [1.165, 1.54) is 16.5 Å². The third-order valence-corrected chi connectivity index (χ3v) is 11.0. The molecule has 0 unspecified atom stereocenters. The highest BCUT2D eigenvalue weighted by atomic mass is 28.4. The van der Waals surface area contributed by atoms with Gasteiger partial charge in [-0.25, -0.2) is 0 Å². The van der Waals surface area contributed by atoms with Gasteiger partial charge < -0.3 is 18.8 Å². The zero-order valence-corrected chi connectivity index (χ0v) is 20.8. The van der Waals surface area contributed by atoms with Crippen molar-refractivity contribution in [1.82, 2.24) is 4.57 Å². The van der Waals surface area contributed by atoms with Gasteiger partial charge in [-0.2, -0.15) is 0 Å². The van der Waals surface area contributed by atoms with E-state index in [-0.39, 0.29) is 5.04 Å². The van der Waals surface area contributed by atoms with Crippen LogP contribution in [0.3, 0.4) is 0 Å². The number of benzene rings is 2. The van der Waals surface area contributed by atoms with Crippen molar-refractivity contribution in [1.29, 1.82) is 0 Å². The Morgan fingerprint density at radius 1 is 1.06 bits per heavy atom. The fraction of sp³-hybridized carbons (Fsp3) is 0.462. The number of rotatable bonds is 9. The van der Waals surface area contributed by atoms with Gasteiger partial charge in [0.1, 0.15) is 12.4 Å². The molecule has 31 heavy (non-hydrogen) atoms. The molecule has 0 radical (unpaired) electrons. The highest BCUT2D eigenvalue weighted by Crippen LogP contribution is 2.36. The summed E-state index contributed by atoms with van der Waals surface area (Å²) in [6.45, 7) is 12.1. The van der Waals surface area contributed by atoms with Gasteiger partial charge in [0, 0.05) is 24.1 Å². The fourth-order valence-corrected chi connectivity index (χ4v) is 4.45. The zero-order valence-electron chi connectivity index (χ0n) is 19.8. The molecular weight excluding hydrogens is 402 g/mol.